The molecule has 2 rings (SSSR count). The van der Waals surface area contributed by atoms with E-state index in [2.05, 4.69) is 23.8 Å². The minimum atomic E-state index is -0.388. The van der Waals surface area contributed by atoms with Gasteiger partial charge in [0.25, 0.3) is 0 Å². The standard InChI is InChI=1S/C12H20N2O2/c1-7-8(2)16-9(3)12(7)10(15)6-11-13-4-5-14-11/h4-5,7-10,12,15H,6H2,1-3H3,(H,13,14). The van der Waals surface area contributed by atoms with Gasteiger partial charge in [0.05, 0.1) is 18.3 Å². The van der Waals surface area contributed by atoms with Crippen LogP contribution in [0.5, 0.6) is 0 Å². The highest BCUT2D eigenvalue weighted by molar-refractivity contribution is 4.95. The Morgan fingerprint density at radius 2 is 2.19 bits per heavy atom. The number of nitrogens with zero attached hydrogens (tertiary/aromatic N) is 1. The number of nitrogens with one attached hydrogen (secondary N) is 1. The van der Waals surface area contributed by atoms with Gasteiger partial charge in [0.2, 0.25) is 0 Å². The first-order chi connectivity index (χ1) is 7.59. The summed E-state index contributed by atoms with van der Waals surface area (Å²) in [6.45, 7) is 6.25. The number of aliphatic hydroxyl groups is 1. The van der Waals surface area contributed by atoms with E-state index in [-0.39, 0.29) is 24.2 Å². The van der Waals surface area contributed by atoms with Gasteiger partial charge in [-0.05, 0) is 19.8 Å². The molecule has 5 atom stereocenters. The maximum Gasteiger partial charge on any atom is 0.108 e. The van der Waals surface area contributed by atoms with Gasteiger partial charge < -0.3 is 14.8 Å². The van der Waals surface area contributed by atoms with Gasteiger partial charge in [-0.1, -0.05) is 6.92 Å². The van der Waals surface area contributed by atoms with Gasteiger partial charge in [-0.15, -0.1) is 0 Å². The maximum atomic E-state index is 10.2. The van der Waals surface area contributed by atoms with Crippen LogP contribution in [0, 0.1) is 11.8 Å². The third-order valence-corrected chi connectivity index (χ3v) is 3.72. The minimum Gasteiger partial charge on any atom is -0.392 e. The first kappa shape index (κ1) is 11.6. The van der Waals surface area contributed by atoms with Crippen molar-refractivity contribution in [2.75, 3.05) is 0 Å². The summed E-state index contributed by atoms with van der Waals surface area (Å²) in [6, 6.07) is 0. The zero-order valence-electron chi connectivity index (χ0n) is 10.1. The molecule has 0 spiro atoms. The molecule has 5 unspecified atom stereocenters. The van der Waals surface area contributed by atoms with E-state index in [0.717, 1.165) is 5.82 Å². The Bertz CT molecular complexity index is 326. The van der Waals surface area contributed by atoms with Crippen molar-refractivity contribution in [3.8, 4) is 0 Å². The second kappa shape index (κ2) is 4.55. The molecule has 1 aliphatic rings. The van der Waals surface area contributed by atoms with E-state index in [1.54, 1.807) is 12.4 Å². The second-order valence-corrected chi connectivity index (χ2v) is 4.79. The Kier molecular flexibility index (Phi) is 3.30. The van der Waals surface area contributed by atoms with Crippen LogP contribution < -0.4 is 0 Å². The molecular weight excluding hydrogens is 204 g/mol. The van der Waals surface area contributed by atoms with Gasteiger partial charge in [0.15, 0.2) is 0 Å². The zero-order chi connectivity index (χ0) is 11.7. The predicted molar refractivity (Wildman–Crippen MR) is 61.0 cm³/mol. The van der Waals surface area contributed by atoms with Crippen molar-refractivity contribution in [1.82, 2.24) is 9.97 Å². The Hall–Kier alpha value is -0.870. The summed E-state index contributed by atoms with van der Waals surface area (Å²) < 4.78 is 5.74. The average molecular weight is 224 g/mol. The number of ether oxygens (including phenoxy) is 1. The maximum absolute atomic E-state index is 10.2. The molecule has 0 aliphatic carbocycles. The number of rotatable bonds is 3. The summed E-state index contributed by atoms with van der Waals surface area (Å²) in [5.74, 6) is 1.42. The number of aliphatic hydroxyl groups excluding tert-OH is 1. The molecule has 4 heteroatoms. The first-order valence-electron chi connectivity index (χ1n) is 5.91. The number of hydrogen-bond acceptors (Lipinski definition) is 3. The van der Waals surface area contributed by atoms with Crippen molar-refractivity contribution in [3.05, 3.63) is 18.2 Å². The number of hydrogen-bond donors (Lipinski definition) is 2. The molecule has 0 amide bonds. The molecule has 4 nitrogen and oxygen atoms in total. The van der Waals surface area contributed by atoms with Gasteiger partial charge in [0, 0.05) is 24.7 Å². The Morgan fingerprint density at radius 3 is 2.69 bits per heavy atom. The summed E-state index contributed by atoms with van der Waals surface area (Å²) in [5, 5.41) is 10.2. The molecule has 0 radical (unpaired) electrons. The van der Waals surface area contributed by atoms with Crippen molar-refractivity contribution in [3.63, 3.8) is 0 Å². The molecule has 1 aromatic rings. The van der Waals surface area contributed by atoms with Gasteiger partial charge >= 0.3 is 0 Å². The highest BCUT2D eigenvalue weighted by atomic mass is 16.5. The third-order valence-electron chi connectivity index (χ3n) is 3.72. The molecule has 0 aromatic carbocycles. The van der Waals surface area contributed by atoms with Crippen LogP contribution >= 0.6 is 0 Å². The molecule has 1 aliphatic heterocycles. The van der Waals surface area contributed by atoms with Crippen LogP contribution in [0.25, 0.3) is 0 Å². The zero-order valence-corrected chi connectivity index (χ0v) is 10.1. The van der Waals surface area contributed by atoms with E-state index in [1.807, 2.05) is 6.92 Å². The van der Waals surface area contributed by atoms with Crippen LogP contribution in [-0.4, -0.2) is 33.4 Å². The van der Waals surface area contributed by atoms with Crippen LogP contribution in [0.1, 0.15) is 26.6 Å². The highest BCUT2D eigenvalue weighted by Crippen LogP contribution is 2.35. The SMILES string of the molecule is CC1OC(C)C(C(O)Cc2ncc[nH]2)C1C. The van der Waals surface area contributed by atoms with Gasteiger partial charge in [-0.25, -0.2) is 4.98 Å². The summed E-state index contributed by atoms with van der Waals surface area (Å²) in [5.41, 5.74) is 0. The lowest BCUT2D eigenvalue weighted by atomic mass is 9.84. The molecule has 16 heavy (non-hydrogen) atoms. The normalized spacial score (nSPS) is 36.5. The lowest BCUT2D eigenvalue weighted by molar-refractivity contribution is 0.0235. The van der Waals surface area contributed by atoms with E-state index < -0.39 is 0 Å². The van der Waals surface area contributed by atoms with E-state index in [9.17, 15) is 5.11 Å². The minimum absolute atomic E-state index is 0.120. The molecule has 1 saturated heterocycles. The highest BCUT2D eigenvalue weighted by Gasteiger charge is 2.41. The fraction of sp³-hybridized carbons (Fsp3) is 0.750. The monoisotopic (exact) mass is 224 g/mol. The Balaban J connectivity index is 2.01. The van der Waals surface area contributed by atoms with E-state index in [1.165, 1.54) is 0 Å². The molecule has 0 bridgehead atoms. The van der Waals surface area contributed by atoms with Gasteiger partial charge in [0.1, 0.15) is 5.82 Å². The second-order valence-electron chi connectivity index (χ2n) is 4.79. The van der Waals surface area contributed by atoms with Crippen LogP contribution in [-0.2, 0) is 11.2 Å². The van der Waals surface area contributed by atoms with E-state index in [0.29, 0.717) is 12.3 Å². The number of H-pyrrole nitrogens is 1. The lowest BCUT2D eigenvalue weighted by Gasteiger charge is -2.23. The Labute approximate surface area is 96.0 Å². The smallest absolute Gasteiger partial charge is 0.108 e. The summed E-state index contributed by atoms with van der Waals surface area (Å²) in [7, 11) is 0. The third kappa shape index (κ3) is 2.13. The van der Waals surface area contributed by atoms with Crippen molar-refractivity contribution >= 4 is 0 Å². The summed E-state index contributed by atoms with van der Waals surface area (Å²) in [6.07, 6.45) is 4.02. The number of aromatic amines is 1. The van der Waals surface area contributed by atoms with Gasteiger partial charge in [-0.2, -0.15) is 0 Å². The molecule has 90 valence electrons. The molecule has 1 fully saturated rings. The number of aromatic nitrogens is 2. The molecular formula is C12H20N2O2. The summed E-state index contributed by atoms with van der Waals surface area (Å²) >= 11 is 0. The molecule has 2 N–H and O–H groups in total. The topological polar surface area (TPSA) is 58.1 Å². The largest absolute Gasteiger partial charge is 0.392 e. The average Bonchev–Trinajstić information content (AvgIpc) is 2.77. The predicted octanol–water partition coefficient (Wildman–Crippen LogP) is 1.37. The first-order valence-corrected chi connectivity index (χ1v) is 5.91. The van der Waals surface area contributed by atoms with Crippen LogP contribution in [0.4, 0.5) is 0 Å². The summed E-state index contributed by atoms with van der Waals surface area (Å²) in [4.78, 5) is 7.16. The fourth-order valence-electron chi connectivity index (χ4n) is 2.70. The van der Waals surface area contributed by atoms with Crippen molar-refractivity contribution in [2.24, 2.45) is 11.8 Å². The molecule has 2 heterocycles. The van der Waals surface area contributed by atoms with Crippen LogP contribution in [0.2, 0.25) is 0 Å². The quantitative estimate of drug-likeness (QED) is 0.815. The van der Waals surface area contributed by atoms with Gasteiger partial charge in [-0.3, -0.25) is 0 Å². The van der Waals surface area contributed by atoms with E-state index in [4.69, 9.17) is 4.74 Å². The number of imidazole rings is 1. The fourth-order valence-corrected chi connectivity index (χ4v) is 2.70. The van der Waals surface area contributed by atoms with Crippen molar-refractivity contribution < 1.29 is 9.84 Å². The Morgan fingerprint density at radius 1 is 1.44 bits per heavy atom. The molecule has 1 aromatic heterocycles. The van der Waals surface area contributed by atoms with Crippen molar-refractivity contribution in [1.29, 1.82) is 0 Å². The van der Waals surface area contributed by atoms with E-state index >= 15 is 0 Å². The molecule has 0 saturated carbocycles. The lowest BCUT2D eigenvalue weighted by Crippen LogP contribution is -2.32. The van der Waals surface area contributed by atoms with Crippen LogP contribution in [0.15, 0.2) is 12.4 Å². The van der Waals surface area contributed by atoms with Crippen molar-refractivity contribution in [2.45, 2.75) is 45.5 Å². The van der Waals surface area contributed by atoms with Crippen LogP contribution in [0.3, 0.4) is 0 Å².